The molecule has 0 N–H and O–H groups in total. The fourth-order valence-electron chi connectivity index (χ4n) is 1.34. The summed E-state index contributed by atoms with van der Waals surface area (Å²) >= 11 is 0. The van der Waals surface area contributed by atoms with E-state index in [1.807, 2.05) is 25.1 Å². The first-order chi connectivity index (χ1) is 7.77. The number of allylic oxidation sites excluding steroid dienone is 5. The van der Waals surface area contributed by atoms with Gasteiger partial charge in [-0.05, 0) is 24.6 Å². The molecular formula is C14H15NO. The van der Waals surface area contributed by atoms with Gasteiger partial charge in [-0.2, -0.15) is 0 Å². The van der Waals surface area contributed by atoms with Gasteiger partial charge in [0, 0.05) is 24.4 Å². The smallest absolute Gasteiger partial charge is 0.167 e. The molecule has 0 fully saturated rings. The predicted octanol–water partition coefficient (Wildman–Crippen LogP) is 2.88. The van der Waals surface area contributed by atoms with Crippen LogP contribution in [0.5, 0.6) is 0 Å². The molecule has 0 bridgehead atoms. The first-order valence-electron chi connectivity index (χ1n) is 5.15. The summed E-state index contributed by atoms with van der Waals surface area (Å²) in [7, 11) is 0. The minimum atomic E-state index is 0.0872. The number of carbonyl (C=O) groups excluding carboxylic acids is 1. The Morgan fingerprint density at radius 1 is 1.44 bits per heavy atom. The van der Waals surface area contributed by atoms with Gasteiger partial charge < -0.3 is 0 Å². The van der Waals surface area contributed by atoms with E-state index in [1.165, 1.54) is 0 Å². The lowest BCUT2D eigenvalue weighted by molar-refractivity contribution is -0.114. The number of aromatic nitrogens is 1. The summed E-state index contributed by atoms with van der Waals surface area (Å²) in [6.07, 6.45) is 10.8. The molecule has 1 rings (SSSR count). The molecule has 0 aliphatic rings. The topological polar surface area (TPSA) is 30.0 Å². The third-order valence-electron chi connectivity index (χ3n) is 2.08. The van der Waals surface area contributed by atoms with Crippen molar-refractivity contribution in [3.05, 3.63) is 66.5 Å². The standard InChI is InChI=1S/C14H15NO/c1-3-5-13(6-4-2)14(16)11-12-7-9-15-10-8-12/h3-10H,1,11H2,2H3/b6-4-,13-5+. The van der Waals surface area contributed by atoms with Gasteiger partial charge in [0.05, 0.1) is 0 Å². The minimum absolute atomic E-state index is 0.0872. The van der Waals surface area contributed by atoms with E-state index in [4.69, 9.17) is 0 Å². The summed E-state index contributed by atoms with van der Waals surface area (Å²) in [6.45, 7) is 5.49. The van der Waals surface area contributed by atoms with Gasteiger partial charge in [0.25, 0.3) is 0 Å². The molecule has 82 valence electrons. The molecule has 2 nitrogen and oxygen atoms in total. The summed E-state index contributed by atoms with van der Waals surface area (Å²) < 4.78 is 0. The Morgan fingerprint density at radius 2 is 2.12 bits per heavy atom. The number of hydrogen-bond acceptors (Lipinski definition) is 2. The zero-order chi connectivity index (χ0) is 11.8. The fraction of sp³-hybridized carbons (Fsp3) is 0.143. The zero-order valence-electron chi connectivity index (χ0n) is 9.39. The Morgan fingerprint density at radius 3 is 2.69 bits per heavy atom. The van der Waals surface area contributed by atoms with Gasteiger partial charge in [-0.3, -0.25) is 9.78 Å². The molecule has 0 amide bonds. The minimum Gasteiger partial charge on any atom is -0.294 e. The van der Waals surface area contributed by atoms with E-state index in [0.717, 1.165) is 5.56 Å². The Labute approximate surface area is 96.0 Å². The van der Waals surface area contributed by atoms with Crippen LogP contribution in [0.2, 0.25) is 0 Å². The summed E-state index contributed by atoms with van der Waals surface area (Å²) in [5.41, 5.74) is 1.65. The molecule has 16 heavy (non-hydrogen) atoms. The van der Waals surface area contributed by atoms with Crippen molar-refractivity contribution in [3.8, 4) is 0 Å². The van der Waals surface area contributed by atoms with Gasteiger partial charge in [0.1, 0.15) is 0 Å². The highest BCUT2D eigenvalue weighted by molar-refractivity contribution is 5.99. The highest BCUT2D eigenvalue weighted by Crippen LogP contribution is 2.06. The van der Waals surface area contributed by atoms with Crippen LogP contribution < -0.4 is 0 Å². The second-order valence-electron chi connectivity index (χ2n) is 3.31. The van der Waals surface area contributed by atoms with Crippen LogP contribution in [-0.2, 0) is 11.2 Å². The Hall–Kier alpha value is -1.96. The van der Waals surface area contributed by atoms with Crippen LogP contribution in [-0.4, -0.2) is 10.8 Å². The lowest BCUT2D eigenvalue weighted by atomic mass is 10.0. The van der Waals surface area contributed by atoms with Gasteiger partial charge in [0.2, 0.25) is 0 Å². The van der Waals surface area contributed by atoms with Crippen LogP contribution in [0, 0.1) is 0 Å². The van der Waals surface area contributed by atoms with Gasteiger partial charge >= 0.3 is 0 Å². The van der Waals surface area contributed by atoms with E-state index in [9.17, 15) is 4.79 Å². The molecule has 0 unspecified atom stereocenters. The zero-order valence-corrected chi connectivity index (χ0v) is 9.39. The van der Waals surface area contributed by atoms with Crippen molar-refractivity contribution in [2.24, 2.45) is 0 Å². The summed E-state index contributed by atoms with van der Waals surface area (Å²) in [4.78, 5) is 15.8. The highest BCUT2D eigenvalue weighted by atomic mass is 16.1. The first kappa shape index (κ1) is 12.1. The second-order valence-corrected chi connectivity index (χ2v) is 3.31. The molecule has 2 heteroatoms. The molecule has 0 saturated heterocycles. The molecule has 0 saturated carbocycles. The molecule has 0 aliphatic carbocycles. The molecule has 1 aromatic heterocycles. The van der Waals surface area contributed by atoms with E-state index in [-0.39, 0.29) is 5.78 Å². The molecule has 0 spiro atoms. The van der Waals surface area contributed by atoms with Crippen LogP contribution in [0.1, 0.15) is 12.5 Å². The van der Waals surface area contributed by atoms with Crippen molar-refractivity contribution in [1.29, 1.82) is 0 Å². The second kappa shape index (κ2) is 6.51. The van der Waals surface area contributed by atoms with E-state index in [2.05, 4.69) is 11.6 Å². The quantitative estimate of drug-likeness (QED) is 0.556. The first-order valence-corrected chi connectivity index (χ1v) is 5.15. The summed E-state index contributed by atoms with van der Waals surface area (Å²) in [6, 6.07) is 3.69. The average Bonchev–Trinajstić information content (AvgIpc) is 2.30. The lowest BCUT2D eigenvalue weighted by Crippen LogP contribution is -2.04. The SMILES string of the molecule is C=C/C=C(\C=C/C)C(=O)Cc1ccncc1. The number of hydrogen-bond donors (Lipinski definition) is 0. The fourth-order valence-corrected chi connectivity index (χ4v) is 1.34. The van der Waals surface area contributed by atoms with E-state index in [0.29, 0.717) is 12.0 Å². The molecule has 1 aromatic rings. The van der Waals surface area contributed by atoms with Crippen molar-refractivity contribution in [2.75, 3.05) is 0 Å². The maximum absolute atomic E-state index is 11.9. The summed E-state index contributed by atoms with van der Waals surface area (Å²) in [5, 5.41) is 0. The lowest BCUT2D eigenvalue weighted by Gasteiger charge is -2.01. The number of rotatable bonds is 5. The van der Waals surface area contributed by atoms with Gasteiger partial charge in [-0.25, -0.2) is 0 Å². The third-order valence-corrected chi connectivity index (χ3v) is 2.08. The van der Waals surface area contributed by atoms with Crippen LogP contribution in [0.3, 0.4) is 0 Å². The van der Waals surface area contributed by atoms with Crippen LogP contribution in [0.25, 0.3) is 0 Å². The molecule has 0 atom stereocenters. The average molecular weight is 213 g/mol. The molecule has 0 aliphatic heterocycles. The van der Waals surface area contributed by atoms with Crippen LogP contribution in [0.15, 0.2) is 61.0 Å². The number of pyridine rings is 1. The Kier molecular flexibility index (Phi) is 4.93. The van der Waals surface area contributed by atoms with Crippen molar-refractivity contribution >= 4 is 5.78 Å². The van der Waals surface area contributed by atoms with Crippen LogP contribution >= 0.6 is 0 Å². The van der Waals surface area contributed by atoms with Crippen molar-refractivity contribution < 1.29 is 4.79 Å². The Bertz CT molecular complexity index is 416. The Balaban J connectivity index is 2.78. The van der Waals surface area contributed by atoms with E-state index >= 15 is 0 Å². The van der Waals surface area contributed by atoms with Crippen molar-refractivity contribution in [3.63, 3.8) is 0 Å². The number of carbonyl (C=O) groups is 1. The van der Waals surface area contributed by atoms with Gasteiger partial charge in [0.15, 0.2) is 5.78 Å². The molecule has 0 radical (unpaired) electrons. The maximum Gasteiger partial charge on any atom is 0.167 e. The number of ketones is 1. The molecule has 1 heterocycles. The number of nitrogens with zero attached hydrogens (tertiary/aromatic N) is 1. The monoisotopic (exact) mass is 213 g/mol. The summed E-state index contributed by atoms with van der Waals surface area (Å²) in [5.74, 6) is 0.0872. The number of Topliss-reactive ketones (excluding diaryl/α,β-unsaturated/α-hetero) is 1. The van der Waals surface area contributed by atoms with Crippen molar-refractivity contribution in [2.45, 2.75) is 13.3 Å². The molecule has 0 aromatic carbocycles. The largest absolute Gasteiger partial charge is 0.294 e. The third kappa shape index (κ3) is 3.65. The van der Waals surface area contributed by atoms with E-state index in [1.54, 1.807) is 30.6 Å². The highest BCUT2D eigenvalue weighted by Gasteiger charge is 2.06. The predicted molar refractivity (Wildman–Crippen MR) is 66.0 cm³/mol. The maximum atomic E-state index is 11.9. The van der Waals surface area contributed by atoms with Gasteiger partial charge in [-0.15, -0.1) is 0 Å². The van der Waals surface area contributed by atoms with Gasteiger partial charge in [-0.1, -0.05) is 30.9 Å². The normalized spacial score (nSPS) is 11.7. The van der Waals surface area contributed by atoms with Crippen LogP contribution in [0.4, 0.5) is 0 Å². The van der Waals surface area contributed by atoms with Crippen molar-refractivity contribution in [1.82, 2.24) is 4.98 Å². The molecular weight excluding hydrogens is 198 g/mol. The van der Waals surface area contributed by atoms with E-state index < -0.39 is 0 Å².